The van der Waals surface area contributed by atoms with E-state index in [0.717, 1.165) is 19.3 Å². The van der Waals surface area contributed by atoms with E-state index in [9.17, 15) is 4.79 Å². The molecule has 2 aromatic carbocycles. The molecule has 2 aliphatic heterocycles. The molecule has 4 aliphatic carbocycles. The van der Waals surface area contributed by atoms with Gasteiger partial charge in [0.15, 0.2) is 5.78 Å². The van der Waals surface area contributed by atoms with E-state index in [-0.39, 0.29) is 10.8 Å². The number of hydrogen-bond donors (Lipinski definition) is 0. The first-order valence-electron chi connectivity index (χ1n) is 15.4. The molecule has 4 saturated carbocycles. The standard InChI is InChI=1S/C36H44O2/c1-24(14-16-29(25-10-6-4-7-11-25)26-12-8-5-9-13-26)30-18-19-31-32-17-15-27-22-28-20-21-35(27,3)36(32,38-28)33(37)23-34(30,31)2/h4-13,16,24,27-28,30-32H,14-15,17-23H2,1-3H3/t24-,27+,28-,30+,31+,32-,34-,35+,36+/m1/s1. The highest BCUT2D eigenvalue weighted by molar-refractivity contribution is 5.91. The molecule has 0 amide bonds. The van der Waals surface area contributed by atoms with Crippen molar-refractivity contribution in [3.05, 3.63) is 77.9 Å². The third-order valence-corrected chi connectivity index (χ3v) is 12.5. The number of hydrogen-bond acceptors (Lipinski definition) is 2. The molecule has 2 heterocycles. The first-order chi connectivity index (χ1) is 18.4. The highest BCUT2D eigenvalue weighted by Crippen LogP contribution is 2.72. The van der Waals surface area contributed by atoms with E-state index in [2.05, 4.69) is 87.5 Å². The zero-order chi connectivity index (χ0) is 26.1. The molecule has 0 aromatic heterocycles. The molecule has 0 N–H and O–H groups in total. The van der Waals surface area contributed by atoms with Gasteiger partial charge >= 0.3 is 0 Å². The summed E-state index contributed by atoms with van der Waals surface area (Å²) in [5.74, 6) is 3.34. The van der Waals surface area contributed by atoms with E-state index in [1.54, 1.807) is 0 Å². The molecule has 0 unspecified atom stereocenters. The fourth-order valence-corrected chi connectivity index (χ4v) is 10.7. The van der Waals surface area contributed by atoms with Crippen LogP contribution >= 0.6 is 0 Å². The summed E-state index contributed by atoms with van der Waals surface area (Å²) in [5.41, 5.74) is 3.58. The Morgan fingerprint density at radius 2 is 1.58 bits per heavy atom. The number of ether oxygens (including phenoxy) is 1. The van der Waals surface area contributed by atoms with Gasteiger partial charge in [-0.25, -0.2) is 0 Å². The molecule has 2 nitrogen and oxygen atoms in total. The summed E-state index contributed by atoms with van der Waals surface area (Å²) in [6.45, 7) is 7.38. The molecule has 200 valence electrons. The van der Waals surface area contributed by atoms with Crippen molar-refractivity contribution in [1.29, 1.82) is 0 Å². The van der Waals surface area contributed by atoms with Crippen LogP contribution in [0.25, 0.3) is 5.57 Å². The van der Waals surface area contributed by atoms with E-state index in [1.807, 2.05) is 0 Å². The minimum Gasteiger partial charge on any atom is -0.363 e. The van der Waals surface area contributed by atoms with E-state index in [0.29, 0.717) is 41.5 Å². The van der Waals surface area contributed by atoms with Crippen LogP contribution in [0.4, 0.5) is 0 Å². The van der Waals surface area contributed by atoms with Crippen LogP contribution in [0.2, 0.25) is 0 Å². The Morgan fingerprint density at radius 1 is 0.921 bits per heavy atom. The Kier molecular flexibility index (Phi) is 5.82. The molecule has 38 heavy (non-hydrogen) atoms. The maximum Gasteiger partial charge on any atom is 0.166 e. The highest BCUT2D eigenvalue weighted by Gasteiger charge is 2.74. The van der Waals surface area contributed by atoms with Gasteiger partial charge in [0.25, 0.3) is 0 Å². The number of benzene rings is 2. The molecule has 0 radical (unpaired) electrons. The molecule has 9 atom stereocenters. The van der Waals surface area contributed by atoms with E-state index >= 15 is 0 Å². The third-order valence-electron chi connectivity index (χ3n) is 12.5. The summed E-state index contributed by atoms with van der Waals surface area (Å²) < 4.78 is 6.93. The zero-order valence-corrected chi connectivity index (χ0v) is 23.5. The first-order valence-corrected chi connectivity index (χ1v) is 15.4. The maximum atomic E-state index is 14.4. The van der Waals surface area contributed by atoms with Crippen LogP contribution in [-0.2, 0) is 9.53 Å². The van der Waals surface area contributed by atoms with Crippen molar-refractivity contribution in [2.24, 2.45) is 40.4 Å². The first kappa shape index (κ1) is 24.8. The summed E-state index contributed by atoms with van der Waals surface area (Å²) in [4.78, 5) is 14.4. The summed E-state index contributed by atoms with van der Waals surface area (Å²) in [7, 11) is 0. The number of Topliss-reactive ketones (excluding diaryl/α,β-unsaturated/α-hetero) is 1. The van der Waals surface area contributed by atoms with Crippen molar-refractivity contribution in [1.82, 2.24) is 0 Å². The number of ketones is 1. The van der Waals surface area contributed by atoms with Gasteiger partial charge in [-0.15, -0.1) is 0 Å². The topological polar surface area (TPSA) is 26.3 Å². The molecule has 1 spiro atoms. The van der Waals surface area contributed by atoms with Crippen molar-refractivity contribution in [3.8, 4) is 0 Å². The van der Waals surface area contributed by atoms with Gasteiger partial charge in [-0.3, -0.25) is 4.79 Å². The van der Waals surface area contributed by atoms with Crippen LogP contribution < -0.4 is 0 Å². The lowest BCUT2D eigenvalue weighted by Crippen LogP contribution is -2.75. The molecule has 8 rings (SSSR count). The summed E-state index contributed by atoms with van der Waals surface area (Å²) in [5, 5.41) is 0. The smallest absolute Gasteiger partial charge is 0.166 e. The Balaban J connectivity index is 1.17. The Bertz CT molecular complexity index is 1190. The van der Waals surface area contributed by atoms with E-state index < -0.39 is 5.60 Å². The summed E-state index contributed by atoms with van der Waals surface area (Å²) in [6, 6.07) is 21.6. The number of carbonyl (C=O) groups excluding carboxylic acids is 1. The van der Waals surface area contributed by atoms with Crippen LogP contribution in [0.15, 0.2) is 66.7 Å². The predicted octanol–water partition coefficient (Wildman–Crippen LogP) is 8.50. The molecular formula is C36H44O2. The number of fused-ring (bicyclic) bond motifs is 3. The number of allylic oxidation sites excluding steroid dienone is 1. The number of rotatable bonds is 5. The Hall–Kier alpha value is -2.19. The van der Waals surface area contributed by atoms with Gasteiger partial charge in [0, 0.05) is 11.8 Å². The lowest BCUT2D eigenvalue weighted by Gasteiger charge is -2.70. The van der Waals surface area contributed by atoms with Gasteiger partial charge in [-0.1, -0.05) is 87.5 Å². The van der Waals surface area contributed by atoms with Gasteiger partial charge in [0.1, 0.15) is 5.60 Å². The normalized spacial score (nSPS) is 41.8. The largest absolute Gasteiger partial charge is 0.363 e. The molecule has 4 bridgehead atoms. The van der Waals surface area contributed by atoms with Gasteiger partial charge in [0.05, 0.1) is 6.10 Å². The SMILES string of the molecule is C[C@H](CC=C(c1ccccc1)c1ccccc1)[C@@H]1CC[C@H]2[C@H]3CC[C@H]4C[C@H]5CC[C@]4(C)[C@@]3(O5)C(=O)C[C@]12C. The van der Waals surface area contributed by atoms with E-state index in [1.165, 1.54) is 55.2 Å². The second-order valence-electron chi connectivity index (χ2n) is 14.0. The zero-order valence-electron chi connectivity index (χ0n) is 23.5. The van der Waals surface area contributed by atoms with Crippen LogP contribution in [-0.4, -0.2) is 17.5 Å². The Morgan fingerprint density at radius 3 is 2.26 bits per heavy atom. The molecule has 6 aliphatic rings. The average molecular weight is 509 g/mol. The highest BCUT2D eigenvalue weighted by atomic mass is 16.5. The average Bonchev–Trinajstić information content (AvgIpc) is 3.26. The van der Waals surface area contributed by atoms with Gasteiger partial charge in [0.2, 0.25) is 0 Å². The van der Waals surface area contributed by atoms with Gasteiger partial charge in [-0.05, 0) is 103 Å². The van der Waals surface area contributed by atoms with Crippen molar-refractivity contribution in [3.63, 3.8) is 0 Å². The van der Waals surface area contributed by atoms with Crippen molar-refractivity contribution < 1.29 is 9.53 Å². The van der Waals surface area contributed by atoms with Crippen LogP contribution in [0, 0.1) is 40.4 Å². The molecule has 2 aromatic rings. The van der Waals surface area contributed by atoms with Crippen molar-refractivity contribution >= 4 is 11.4 Å². The van der Waals surface area contributed by atoms with Crippen LogP contribution in [0.1, 0.15) is 89.7 Å². The second-order valence-corrected chi connectivity index (χ2v) is 14.0. The maximum absolute atomic E-state index is 14.4. The fourth-order valence-electron chi connectivity index (χ4n) is 10.7. The minimum atomic E-state index is -0.479. The van der Waals surface area contributed by atoms with Gasteiger partial charge in [-0.2, -0.15) is 0 Å². The van der Waals surface area contributed by atoms with Crippen LogP contribution in [0.5, 0.6) is 0 Å². The third kappa shape index (κ3) is 3.38. The minimum absolute atomic E-state index is 0.0653. The summed E-state index contributed by atoms with van der Waals surface area (Å²) in [6.07, 6.45) is 13.2. The molecule has 2 saturated heterocycles. The lowest BCUT2D eigenvalue weighted by atomic mass is 9.40. The van der Waals surface area contributed by atoms with Crippen LogP contribution in [0.3, 0.4) is 0 Å². The molecule has 6 fully saturated rings. The second kappa shape index (κ2) is 8.91. The molecule has 2 heteroatoms. The van der Waals surface area contributed by atoms with Crippen molar-refractivity contribution in [2.45, 2.75) is 90.3 Å². The predicted molar refractivity (Wildman–Crippen MR) is 153 cm³/mol. The fraction of sp³-hybridized carbons (Fsp3) is 0.583. The summed E-state index contributed by atoms with van der Waals surface area (Å²) >= 11 is 0. The number of carbonyl (C=O) groups is 1. The molecular weight excluding hydrogens is 464 g/mol. The van der Waals surface area contributed by atoms with E-state index in [4.69, 9.17) is 4.74 Å². The monoisotopic (exact) mass is 508 g/mol. The Labute approximate surface area is 229 Å². The lowest BCUT2D eigenvalue weighted by molar-refractivity contribution is -0.307. The van der Waals surface area contributed by atoms with Crippen molar-refractivity contribution in [2.75, 3.05) is 0 Å². The van der Waals surface area contributed by atoms with Gasteiger partial charge < -0.3 is 4.74 Å². The quantitative estimate of drug-likeness (QED) is 0.405.